The molecule has 0 spiro atoms. The van der Waals surface area contributed by atoms with Crippen LogP contribution in [0.5, 0.6) is 0 Å². The number of benzene rings is 1. The second-order valence-corrected chi connectivity index (χ2v) is 9.60. The minimum absolute atomic E-state index is 0.0294. The number of nitrogens with zero attached hydrogens (tertiary/aromatic N) is 4. The van der Waals surface area contributed by atoms with Crippen LogP contribution in [0.3, 0.4) is 0 Å². The van der Waals surface area contributed by atoms with Crippen molar-refractivity contribution in [2.45, 2.75) is 44.1 Å². The zero-order valence-electron chi connectivity index (χ0n) is 19.9. The molecule has 0 aliphatic carbocycles. The molecular formula is C26H29N5O5. The Morgan fingerprint density at radius 2 is 1.81 bits per heavy atom. The third-order valence-electron chi connectivity index (χ3n) is 7.13. The van der Waals surface area contributed by atoms with Crippen molar-refractivity contribution in [2.75, 3.05) is 13.1 Å². The topological polar surface area (TPSA) is 130 Å². The van der Waals surface area contributed by atoms with Gasteiger partial charge in [-0.2, -0.15) is 5.10 Å². The van der Waals surface area contributed by atoms with Crippen LogP contribution in [-0.2, 0) is 16.1 Å². The van der Waals surface area contributed by atoms with E-state index in [4.69, 9.17) is 0 Å². The predicted molar refractivity (Wildman–Crippen MR) is 130 cm³/mol. The molecule has 0 saturated carbocycles. The van der Waals surface area contributed by atoms with Crippen molar-refractivity contribution in [3.63, 3.8) is 0 Å². The molecule has 3 N–H and O–H groups in total. The summed E-state index contributed by atoms with van der Waals surface area (Å²) in [5.41, 5.74) is 2.47. The van der Waals surface area contributed by atoms with Gasteiger partial charge in [-0.1, -0.05) is 18.2 Å². The lowest BCUT2D eigenvalue weighted by Gasteiger charge is -2.43. The van der Waals surface area contributed by atoms with Crippen LogP contribution in [0, 0.1) is 5.92 Å². The number of amides is 2. The highest BCUT2D eigenvalue weighted by molar-refractivity contribution is 5.91. The van der Waals surface area contributed by atoms with E-state index in [-0.39, 0.29) is 17.4 Å². The maximum atomic E-state index is 13.0. The fourth-order valence-corrected chi connectivity index (χ4v) is 5.26. The van der Waals surface area contributed by atoms with Gasteiger partial charge in [0.2, 0.25) is 0 Å². The van der Waals surface area contributed by atoms with Gasteiger partial charge in [0.1, 0.15) is 0 Å². The zero-order valence-corrected chi connectivity index (χ0v) is 19.9. The molecule has 5 rings (SSSR count). The number of rotatable bonds is 6. The number of aliphatic hydroxyl groups excluding tert-OH is 2. The summed E-state index contributed by atoms with van der Waals surface area (Å²) < 4.78 is 3.47. The monoisotopic (exact) mass is 491 g/mol. The number of fused-ring (bicyclic) bond motifs is 4. The average Bonchev–Trinajstić information content (AvgIpc) is 3.43. The summed E-state index contributed by atoms with van der Waals surface area (Å²) in [5.74, 6) is -1.47. The molecule has 1 aromatic carbocycles. The van der Waals surface area contributed by atoms with Gasteiger partial charge in [-0.25, -0.2) is 4.68 Å². The van der Waals surface area contributed by atoms with Crippen LogP contribution in [-0.4, -0.2) is 66.6 Å². The molecule has 2 aliphatic rings. The van der Waals surface area contributed by atoms with E-state index >= 15 is 0 Å². The molecule has 36 heavy (non-hydrogen) atoms. The Morgan fingerprint density at radius 1 is 1.03 bits per heavy atom. The molecule has 2 aliphatic heterocycles. The van der Waals surface area contributed by atoms with E-state index in [1.165, 1.54) is 11.0 Å². The maximum absolute atomic E-state index is 13.0. The normalized spacial score (nSPS) is 21.2. The number of likely N-dealkylation sites (tertiary alicyclic amines) is 1. The van der Waals surface area contributed by atoms with Crippen molar-refractivity contribution in [1.29, 1.82) is 0 Å². The quantitative estimate of drug-likeness (QED) is 0.463. The van der Waals surface area contributed by atoms with Crippen LogP contribution in [0.1, 0.15) is 36.6 Å². The summed E-state index contributed by atoms with van der Waals surface area (Å²) in [4.78, 5) is 39.4. The van der Waals surface area contributed by atoms with Crippen LogP contribution in [0.4, 0.5) is 0 Å². The standard InChI is InChI=1S/C26H29N5O5/c1-16(18-6-8-20(9-7-18)31-11-3-10-27-31)28-25(35)23(33)24(34)26(36)29-13-17-12-19(15-29)21-4-2-5-22(32)30(21)14-17/h2-11,16-17,19,23-24,33-34H,12-15H2,1H3,(H,28,35)/t16-,17?,19+,23-,24-/m1/s1. The average molecular weight is 492 g/mol. The number of aliphatic hydroxyl groups is 2. The lowest BCUT2D eigenvalue weighted by Crippen LogP contribution is -2.55. The molecule has 188 valence electrons. The SMILES string of the molecule is C[C@@H](NC(=O)[C@H](O)[C@@H](O)C(=O)N1CC2C[C@@H](C1)c1cccc(=O)n1C2)c1ccc(-n2cccn2)cc1. The van der Waals surface area contributed by atoms with E-state index in [9.17, 15) is 24.6 Å². The molecule has 5 atom stereocenters. The van der Waals surface area contributed by atoms with Crippen molar-refractivity contribution >= 4 is 11.8 Å². The lowest BCUT2D eigenvalue weighted by atomic mass is 9.83. The van der Waals surface area contributed by atoms with Crippen LogP contribution in [0.15, 0.2) is 65.7 Å². The molecule has 0 radical (unpaired) electrons. The molecule has 1 fully saturated rings. The van der Waals surface area contributed by atoms with Gasteiger partial charge in [0.05, 0.1) is 11.7 Å². The smallest absolute Gasteiger partial charge is 0.254 e. The van der Waals surface area contributed by atoms with E-state index < -0.39 is 30.1 Å². The van der Waals surface area contributed by atoms with Crippen LogP contribution in [0.2, 0.25) is 0 Å². The van der Waals surface area contributed by atoms with Gasteiger partial charge < -0.3 is 25.0 Å². The van der Waals surface area contributed by atoms with Crippen LogP contribution >= 0.6 is 0 Å². The first-order valence-corrected chi connectivity index (χ1v) is 12.1. The van der Waals surface area contributed by atoms with E-state index in [1.807, 2.05) is 42.6 Å². The van der Waals surface area contributed by atoms with E-state index in [2.05, 4.69) is 10.4 Å². The Labute approximate surface area is 207 Å². The lowest BCUT2D eigenvalue weighted by molar-refractivity contribution is -0.155. The molecule has 2 bridgehead atoms. The van der Waals surface area contributed by atoms with Gasteiger partial charge in [-0.3, -0.25) is 14.4 Å². The van der Waals surface area contributed by atoms with E-state index in [0.717, 1.165) is 23.4 Å². The van der Waals surface area contributed by atoms with E-state index in [0.29, 0.717) is 19.6 Å². The number of carbonyl (C=O) groups is 2. The van der Waals surface area contributed by atoms with Gasteiger partial charge >= 0.3 is 0 Å². The Balaban J connectivity index is 1.20. The number of hydrogen-bond acceptors (Lipinski definition) is 6. The van der Waals surface area contributed by atoms with Gasteiger partial charge in [0, 0.05) is 49.7 Å². The van der Waals surface area contributed by atoms with Crippen molar-refractivity contribution in [3.8, 4) is 5.69 Å². The summed E-state index contributed by atoms with van der Waals surface area (Å²) in [6.45, 7) is 2.95. The number of nitrogens with one attached hydrogen (secondary N) is 1. The molecule has 4 heterocycles. The molecule has 10 nitrogen and oxygen atoms in total. The molecule has 3 aromatic rings. The van der Waals surface area contributed by atoms with Gasteiger partial charge in [-0.15, -0.1) is 0 Å². The Hall–Kier alpha value is -3.76. The van der Waals surface area contributed by atoms with Gasteiger partial charge in [0.25, 0.3) is 17.4 Å². The van der Waals surface area contributed by atoms with Crippen molar-refractivity contribution in [2.24, 2.45) is 5.92 Å². The van der Waals surface area contributed by atoms with Crippen LogP contribution in [0.25, 0.3) is 5.69 Å². The third-order valence-corrected chi connectivity index (χ3v) is 7.13. The highest BCUT2D eigenvalue weighted by atomic mass is 16.3. The summed E-state index contributed by atoms with van der Waals surface area (Å²) in [6, 6.07) is 13.9. The number of pyridine rings is 1. The summed E-state index contributed by atoms with van der Waals surface area (Å²) in [5, 5.41) is 27.9. The second-order valence-electron chi connectivity index (χ2n) is 9.60. The Bertz CT molecular complexity index is 1300. The number of aromatic nitrogens is 3. The van der Waals surface area contributed by atoms with Gasteiger partial charge in [0.15, 0.2) is 12.2 Å². The van der Waals surface area contributed by atoms with Crippen molar-refractivity contribution in [3.05, 3.63) is 82.5 Å². The molecular weight excluding hydrogens is 462 g/mol. The first kappa shape index (κ1) is 24.0. The van der Waals surface area contributed by atoms with Crippen molar-refractivity contribution < 1.29 is 19.8 Å². The highest BCUT2D eigenvalue weighted by Crippen LogP contribution is 2.35. The Morgan fingerprint density at radius 3 is 2.53 bits per heavy atom. The number of hydrogen-bond donors (Lipinski definition) is 3. The first-order valence-electron chi connectivity index (χ1n) is 12.1. The largest absolute Gasteiger partial charge is 0.380 e. The minimum atomic E-state index is -1.90. The van der Waals surface area contributed by atoms with E-state index in [1.54, 1.807) is 28.4 Å². The molecule has 10 heteroatoms. The second kappa shape index (κ2) is 9.71. The fourth-order valence-electron chi connectivity index (χ4n) is 5.26. The minimum Gasteiger partial charge on any atom is -0.380 e. The first-order chi connectivity index (χ1) is 17.3. The molecule has 2 amide bonds. The summed E-state index contributed by atoms with van der Waals surface area (Å²) in [6.07, 6.45) is 0.573. The number of carbonyl (C=O) groups excluding carboxylic acids is 2. The Kier molecular flexibility index (Phi) is 6.46. The number of piperidine rings is 1. The zero-order chi connectivity index (χ0) is 25.4. The van der Waals surface area contributed by atoms with Crippen LogP contribution < -0.4 is 10.9 Å². The highest BCUT2D eigenvalue weighted by Gasteiger charge is 2.40. The summed E-state index contributed by atoms with van der Waals surface area (Å²) >= 11 is 0. The molecule has 2 aromatic heterocycles. The fraction of sp³-hybridized carbons (Fsp3) is 0.385. The maximum Gasteiger partial charge on any atom is 0.254 e. The predicted octanol–water partition coefficient (Wildman–Crippen LogP) is 0.579. The molecule has 1 saturated heterocycles. The van der Waals surface area contributed by atoms with Gasteiger partial charge in [-0.05, 0) is 49.1 Å². The molecule has 1 unspecified atom stereocenters. The van der Waals surface area contributed by atoms with Crippen molar-refractivity contribution in [1.82, 2.24) is 24.6 Å². The summed E-state index contributed by atoms with van der Waals surface area (Å²) in [7, 11) is 0. The third kappa shape index (κ3) is 4.57.